The number of anilines is 1. The summed E-state index contributed by atoms with van der Waals surface area (Å²) in [5, 5.41) is 66.8. The first-order chi connectivity index (χ1) is 27.7. The van der Waals surface area contributed by atoms with Gasteiger partial charge in [0.05, 0.1) is 53.0 Å². The van der Waals surface area contributed by atoms with E-state index in [-0.39, 0.29) is 71.9 Å². The van der Waals surface area contributed by atoms with Crippen molar-refractivity contribution in [3.8, 4) is 23.0 Å². The Hall–Kier alpha value is -5.36. The molecule has 0 spiro atoms. The number of allylic oxidation sites excluding steroid dienone is 2. The zero-order valence-corrected chi connectivity index (χ0v) is 37.8. The number of carbonyl (C=O) groups excluding carboxylic acids is 3. The van der Waals surface area contributed by atoms with Crippen molar-refractivity contribution < 1.29 is 86.2 Å². The number of amides is 1. The lowest BCUT2D eigenvalue weighted by Gasteiger charge is -2.38. The quantitative estimate of drug-likeness (QED) is 0.103. The largest absolute Gasteiger partial charge is 0.507 e. The number of carbonyl (C=O) groups is 3. The Morgan fingerprint density at radius 1 is 0.891 bits per heavy atom. The molecular weight excluding hydrogens is 844 g/mol. The smallest absolute Gasteiger partial charge is 0.312 e. The van der Waals surface area contributed by atoms with Crippen LogP contribution in [0.15, 0.2) is 41.2 Å². The van der Waals surface area contributed by atoms with E-state index in [1.165, 1.54) is 59.4 Å². The van der Waals surface area contributed by atoms with Crippen LogP contribution in [0.1, 0.15) is 70.0 Å². The van der Waals surface area contributed by atoms with Crippen molar-refractivity contribution >= 4 is 40.3 Å². The number of nitrogens with one attached hydrogen (secondary N) is 1. The molecular formula is C43H68N4O17. The van der Waals surface area contributed by atoms with E-state index in [9.17, 15) is 39.9 Å². The number of ketones is 1. The second-order valence-corrected chi connectivity index (χ2v) is 16.1. The van der Waals surface area contributed by atoms with Crippen LogP contribution in [-0.2, 0) is 23.8 Å². The van der Waals surface area contributed by atoms with E-state index in [4.69, 9.17) is 18.9 Å². The SMILES string of the molecule is CO[C@H]1/C=C/O[C@@]2(C)Oc3c(C)c(O)c4c(O)c(c(/C=N/N5CCN(C)CC5)c(O)c4c3C2=O)NC(=O)/C(C)=C\C=C\[C@H](C)[C@H](O)[C@@H](C)[C@@H](O)[C@@H](C)[C@H](OC(C)=O)[C@@H]1C.O.O.O.O.O. The average molecular weight is 913 g/mol. The molecule has 5 bridgehead atoms. The van der Waals surface area contributed by atoms with Crippen molar-refractivity contribution in [2.75, 3.05) is 45.7 Å². The highest BCUT2D eigenvalue weighted by atomic mass is 16.7. The molecule has 1 saturated heterocycles. The number of methoxy groups -OCH3 is 1. The van der Waals surface area contributed by atoms with Crippen LogP contribution in [0, 0.1) is 30.6 Å². The Labute approximate surface area is 371 Å². The Morgan fingerprint density at radius 3 is 2.08 bits per heavy atom. The molecule has 1 amide bonds. The summed E-state index contributed by atoms with van der Waals surface area (Å²) >= 11 is 0. The molecule has 362 valence electrons. The number of hydrazone groups is 1. The number of aliphatic hydroxyl groups excluding tert-OH is 2. The summed E-state index contributed by atoms with van der Waals surface area (Å²) in [6.45, 7) is 15.1. The first-order valence-electron chi connectivity index (χ1n) is 19.8. The standard InChI is InChI=1S/C43H58N4O12.5H2O/c1-21-12-11-13-22(2)42(55)45-33-28(20-44-47-17-15-46(9)16-18-47)37(52)30-31(38(33)53)36(51)26(6)40-32(30)41(54)43(8,59-40)57-19-14-29(56-10)23(3)39(58-27(7)48)25(5)35(50)24(4)34(21)49;;;;;/h11-14,19-21,23-25,29,34-35,39,49-53H,15-18H2,1-10H3,(H,45,55);5*1H2/b12-11+,19-14+,22-13-,44-20+;;;;;/t21-,23+,24+,25+,29-,34-,35+,39+,43-;;;;;/m0...../s1. The number of phenols is 3. The van der Waals surface area contributed by atoms with Gasteiger partial charge in [-0.05, 0) is 27.0 Å². The van der Waals surface area contributed by atoms with E-state index in [1.807, 2.05) is 7.05 Å². The molecule has 4 aliphatic rings. The highest BCUT2D eigenvalue weighted by molar-refractivity contribution is 6.23. The summed E-state index contributed by atoms with van der Waals surface area (Å²) in [7, 11) is 3.42. The predicted molar refractivity (Wildman–Crippen MR) is 239 cm³/mol. The number of likely N-dealkylation sites (N-methyl/N-ethyl adjacent to an activating group) is 1. The molecule has 0 aliphatic carbocycles. The monoisotopic (exact) mass is 912 g/mol. The van der Waals surface area contributed by atoms with E-state index >= 15 is 0 Å². The summed E-state index contributed by atoms with van der Waals surface area (Å²) in [5.41, 5.74) is -0.350. The fourth-order valence-electron chi connectivity index (χ4n) is 7.92. The molecule has 4 aliphatic heterocycles. The zero-order valence-electron chi connectivity index (χ0n) is 37.8. The fraction of sp³-hybridized carbons (Fsp3) is 0.535. The molecule has 6 rings (SSSR count). The molecule has 0 radical (unpaired) electrons. The number of benzene rings is 2. The van der Waals surface area contributed by atoms with Crippen LogP contribution in [0.25, 0.3) is 10.8 Å². The summed E-state index contributed by atoms with van der Waals surface area (Å²) in [4.78, 5) is 42.6. The lowest BCUT2D eigenvalue weighted by Crippen LogP contribution is -2.46. The number of esters is 1. The number of phenolic OH excluding ortho intramolecular Hbond substituents is 3. The second-order valence-electron chi connectivity index (χ2n) is 16.1. The number of fused-ring (bicyclic) bond motifs is 14. The van der Waals surface area contributed by atoms with Crippen LogP contribution < -0.4 is 10.1 Å². The van der Waals surface area contributed by atoms with E-state index in [2.05, 4.69) is 15.3 Å². The molecule has 0 aromatic heterocycles. The minimum atomic E-state index is -2.04. The number of piperazine rings is 1. The molecule has 2 aromatic rings. The van der Waals surface area contributed by atoms with Crippen LogP contribution in [0.3, 0.4) is 0 Å². The van der Waals surface area contributed by atoms with Crippen LogP contribution in [0.5, 0.6) is 23.0 Å². The van der Waals surface area contributed by atoms with Gasteiger partial charge in [0.1, 0.15) is 23.4 Å². The number of hydrogen-bond donors (Lipinski definition) is 6. The van der Waals surface area contributed by atoms with Crippen LogP contribution in [0.2, 0.25) is 0 Å². The topological polar surface area (TPSA) is 378 Å². The zero-order chi connectivity index (χ0) is 43.7. The van der Waals surface area contributed by atoms with Crippen molar-refractivity contribution in [1.82, 2.24) is 9.91 Å². The molecule has 4 heterocycles. The third-order valence-corrected chi connectivity index (χ3v) is 11.9. The first-order valence-corrected chi connectivity index (χ1v) is 19.8. The van der Waals surface area contributed by atoms with Crippen molar-refractivity contribution in [3.05, 3.63) is 52.8 Å². The Morgan fingerprint density at radius 2 is 1.50 bits per heavy atom. The van der Waals surface area contributed by atoms with Gasteiger partial charge in [-0.1, -0.05) is 45.9 Å². The fourth-order valence-corrected chi connectivity index (χ4v) is 7.92. The summed E-state index contributed by atoms with van der Waals surface area (Å²) < 4.78 is 23.6. The van der Waals surface area contributed by atoms with Gasteiger partial charge in [0.2, 0.25) is 0 Å². The molecule has 1 fully saturated rings. The molecule has 21 nitrogen and oxygen atoms in total. The van der Waals surface area contributed by atoms with Gasteiger partial charge in [-0.25, -0.2) is 0 Å². The normalized spacial score (nSPS) is 29.6. The maximum absolute atomic E-state index is 14.4. The second kappa shape index (κ2) is 23.5. The number of hydrogen-bond acceptors (Lipinski definition) is 15. The van der Waals surface area contributed by atoms with Gasteiger partial charge in [0, 0.05) is 87.3 Å². The van der Waals surface area contributed by atoms with Gasteiger partial charge in [-0.15, -0.1) is 0 Å². The van der Waals surface area contributed by atoms with Gasteiger partial charge in [0.15, 0.2) is 5.75 Å². The van der Waals surface area contributed by atoms with Crippen LogP contribution in [-0.4, -0.2) is 157 Å². The van der Waals surface area contributed by atoms with Crippen LogP contribution >= 0.6 is 0 Å². The van der Waals surface area contributed by atoms with Gasteiger partial charge in [-0.2, -0.15) is 5.10 Å². The van der Waals surface area contributed by atoms with Crippen LogP contribution in [0.4, 0.5) is 5.69 Å². The first kappa shape index (κ1) is 58.6. The lowest BCUT2D eigenvalue weighted by atomic mass is 9.78. The molecule has 0 unspecified atom stereocenters. The predicted octanol–water partition coefficient (Wildman–Crippen LogP) is 0.212. The van der Waals surface area contributed by atoms with Crippen molar-refractivity contribution in [2.45, 2.75) is 85.6 Å². The number of aromatic hydroxyl groups is 3. The number of nitrogens with zero attached hydrogens (tertiary/aromatic N) is 3. The molecule has 9 atom stereocenters. The molecule has 16 N–H and O–H groups in total. The number of aliphatic hydroxyl groups is 2. The summed E-state index contributed by atoms with van der Waals surface area (Å²) in [5.74, 6) is -8.34. The maximum Gasteiger partial charge on any atom is 0.312 e. The van der Waals surface area contributed by atoms with Gasteiger partial charge in [-0.3, -0.25) is 19.4 Å². The molecule has 21 heteroatoms. The van der Waals surface area contributed by atoms with Crippen molar-refractivity contribution in [2.24, 2.45) is 28.8 Å². The van der Waals surface area contributed by atoms with E-state index in [0.717, 1.165) is 13.1 Å². The molecule has 64 heavy (non-hydrogen) atoms. The van der Waals surface area contributed by atoms with E-state index in [0.29, 0.717) is 13.1 Å². The van der Waals surface area contributed by atoms with Crippen molar-refractivity contribution in [3.63, 3.8) is 0 Å². The maximum atomic E-state index is 14.4. The van der Waals surface area contributed by atoms with Gasteiger partial charge in [0.25, 0.3) is 11.7 Å². The number of rotatable bonds is 4. The average Bonchev–Trinajstić information content (AvgIpc) is 3.46. The minimum Gasteiger partial charge on any atom is -0.507 e. The minimum absolute atomic E-state index is 0. The molecule has 0 saturated carbocycles. The highest BCUT2D eigenvalue weighted by Crippen LogP contribution is 2.55. The Kier molecular flexibility index (Phi) is 21.6. The van der Waals surface area contributed by atoms with Gasteiger partial charge >= 0.3 is 11.8 Å². The van der Waals surface area contributed by atoms with Gasteiger partial charge < -0.3 is 82.1 Å². The number of Topliss-reactive ketones (excluding diaryl/α,β-unsaturated/α-hetero) is 1. The van der Waals surface area contributed by atoms with E-state index < -0.39 is 88.8 Å². The third kappa shape index (κ3) is 11.5. The highest BCUT2D eigenvalue weighted by Gasteiger charge is 2.50. The lowest BCUT2D eigenvalue weighted by molar-refractivity contribution is -0.160. The number of ether oxygens (including phenoxy) is 4. The third-order valence-electron chi connectivity index (χ3n) is 11.9. The summed E-state index contributed by atoms with van der Waals surface area (Å²) in [6.07, 6.45) is 4.86. The van der Waals surface area contributed by atoms with Crippen molar-refractivity contribution in [1.29, 1.82) is 0 Å². The Balaban J connectivity index is 0.00000794. The van der Waals surface area contributed by atoms with E-state index in [1.54, 1.807) is 44.9 Å². The summed E-state index contributed by atoms with van der Waals surface area (Å²) in [6, 6.07) is 0. The molecule has 2 aromatic carbocycles. The Bertz CT molecular complexity index is 2080.